The van der Waals surface area contributed by atoms with Gasteiger partial charge in [0.05, 0.1) is 11.4 Å². The minimum Gasteiger partial charge on any atom is -0.351 e. The first-order valence-corrected chi connectivity index (χ1v) is 8.24. The lowest BCUT2D eigenvalue weighted by Gasteiger charge is -2.12. The molecule has 0 bridgehead atoms. The van der Waals surface area contributed by atoms with Gasteiger partial charge in [-0.05, 0) is 37.1 Å². The molecule has 2 heterocycles. The number of benzene rings is 1. The number of halogens is 1. The minimum atomic E-state index is -0.572. The molecule has 0 atom stereocenters. The predicted molar refractivity (Wildman–Crippen MR) is 96.3 cm³/mol. The molecule has 7 heteroatoms. The van der Waals surface area contributed by atoms with Crippen LogP contribution in [0.3, 0.4) is 0 Å². The molecule has 1 aliphatic rings. The zero-order valence-electron chi connectivity index (χ0n) is 13.8. The fourth-order valence-electron chi connectivity index (χ4n) is 2.54. The van der Waals surface area contributed by atoms with Crippen LogP contribution in [-0.4, -0.2) is 21.0 Å². The first kappa shape index (κ1) is 16.0. The van der Waals surface area contributed by atoms with Crippen LogP contribution in [0.4, 0.5) is 21.8 Å². The fourth-order valence-corrected chi connectivity index (χ4v) is 2.54. The van der Waals surface area contributed by atoms with E-state index in [1.165, 1.54) is 6.07 Å². The summed E-state index contributed by atoms with van der Waals surface area (Å²) >= 11 is 0. The Bertz CT molecular complexity index is 979. The van der Waals surface area contributed by atoms with Gasteiger partial charge in [0.1, 0.15) is 23.3 Å². The Morgan fingerprint density at radius 2 is 1.92 bits per heavy atom. The van der Waals surface area contributed by atoms with Crippen LogP contribution in [0.15, 0.2) is 48.8 Å². The number of nitrogens with one attached hydrogen (secondary N) is 2. The van der Waals surface area contributed by atoms with Gasteiger partial charge in [-0.15, -0.1) is 0 Å². The van der Waals surface area contributed by atoms with Gasteiger partial charge < -0.3 is 10.6 Å². The van der Waals surface area contributed by atoms with Gasteiger partial charge in [0, 0.05) is 30.1 Å². The van der Waals surface area contributed by atoms with Crippen LogP contribution in [0, 0.1) is 17.1 Å². The number of hydrogen-bond donors (Lipinski definition) is 2. The molecule has 3 aromatic rings. The number of aromatic nitrogens is 3. The number of hydrogen-bond acceptors (Lipinski definition) is 6. The van der Waals surface area contributed by atoms with Crippen molar-refractivity contribution in [2.75, 3.05) is 10.6 Å². The Kier molecular flexibility index (Phi) is 4.15. The molecule has 1 aromatic carbocycles. The lowest BCUT2D eigenvalue weighted by Crippen LogP contribution is -2.08. The quantitative estimate of drug-likeness (QED) is 0.729. The van der Waals surface area contributed by atoms with Crippen molar-refractivity contribution in [2.24, 2.45) is 0 Å². The van der Waals surface area contributed by atoms with Gasteiger partial charge in [0.25, 0.3) is 0 Å². The summed E-state index contributed by atoms with van der Waals surface area (Å²) in [5, 5.41) is 15.5. The highest BCUT2D eigenvalue weighted by Crippen LogP contribution is 2.28. The second-order valence-corrected chi connectivity index (χ2v) is 6.02. The second-order valence-electron chi connectivity index (χ2n) is 6.02. The monoisotopic (exact) mass is 346 g/mol. The average molecular weight is 346 g/mol. The van der Waals surface area contributed by atoms with Crippen molar-refractivity contribution in [1.82, 2.24) is 15.0 Å². The van der Waals surface area contributed by atoms with E-state index in [4.69, 9.17) is 0 Å². The molecular formula is C19H15FN6. The maximum absolute atomic E-state index is 13.8. The molecular weight excluding hydrogens is 331 g/mol. The summed E-state index contributed by atoms with van der Waals surface area (Å²) in [6.07, 6.45) is 5.57. The van der Waals surface area contributed by atoms with Crippen molar-refractivity contribution in [3.05, 3.63) is 60.2 Å². The van der Waals surface area contributed by atoms with Gasteiger partial charge in [0.2, 0.25) is 5.95 Å². The van der Waals surface area contributed by atoms with Crippen LogP contribution in [0.25, 0.3) is 11.3 Å². The van der Waals surface area contributed by atoms with Crippen molar-refractivity contribution in [2.45, 2.75) is 18.9 Å². The highest BCUT2D eigenvalue weighted by atomic mass is 19.1. The topological polar surface area (TPSA) is 86.5 Å². The fraction of sp³-hybridized carbons (Fsp3) is 0.158. The third kappa shape index (κ3) is 3.44. The lowest BCUT2D eigenvalue weighted by atomic mass is 10.1. The molecule has 0 radical (unpaired) electrons. The van der Waals surface area contributed by atoms with E-state index in [-0.39, 0.29) is 5.56 Å². The Balaban J connectivity index is 1.73. The van der Waals surface area contributed by atoms with E-state index in [2.05, 4.69) is 25.6 Å². The summed E-state index contributed by atoms with van der Waals surface area (Å²) in [6.45, 7) is 0. The highest BCUT2D eigenvalue weighted by molar-refractivity contribution is 5.70. The molecule has 6 nitrogen and oxygen atoms in total. The Morgan fingerprint density at radius 1 is 1.12 bits per heavy atom. The van der Waals surface area contributed by atoms with E-state index in [0.717, 1.165) is 18.4 Å². The van der Waals surface area contributed by atoms with Crippen LogP contribution in [0.2, 0.25) is 0 Å². The number of pyridine rings is 1. The first-order chi connectivity index (χ1) is 12.7. The largest absolute Gasteiger partial charge is 0.351 e. The molecule has 26 heavy (non-hydrogen) atoms. The zero-order chi connectivity index (χ0) is 17.9. The number of anilines is 3. The molecule has 0 amide bonds. The van der Waals surface area contributed by atoms with E-state index in [1.807, 2.05) is 18.2 Å². The van der Waals surface area contributed by atoms with Gasteiger partial charge in [0.15, 0.2) is 0 Å². The van der Waals surface area contributed by atoms with E-state index < -0.39 is 5.82 Å². The maximum Gasteiger partial charge on any atom is 0.225 e. The molecule has 1 fully saturated rings. The molecule has 2 N–H and O–H groups in total. The molecule has 4 rings (SSSR count). The van der Waals surface area contributed by atoms with E-state index >= 15 is 0 Å². The normalized spacial score (nSPS) is 13.1. The summed E-state index contributed by atoms with van der Waals surface area (Å²) in [6, 6.07) is 12.2. The van der Waals surface area contributed by atoms with Gasteiger partial charge in [-0.25, -0.2) is 9.37 Å². The molecule has 2 aromatic heterocycles. The van der Waals surface area contributed by atoms with Crippen LogP contribution >= 0.6 is 0 Å². The first-order valence-electron chi connectivity index (χ1n) is 8.24. The number of rotatable bonds is 5. The molecule has 0 saturated heterocycles. The number of nitrogens with zero attached hydrogens (tertiary/aromatic N) is 4. The van der Waals surface area contributed by atoms with Gasteiger partial charge in [-0.2, -0.15) is 10.2 Å². The molecule has 0 unspecified atom stereocenters. The smallest absolute Gasteiger partial charge is 0.225 e. The van der Waals surface area contributed by atoms with Gasteiger partial charge >= 0.3 is 0 Å². The lowest BCUT2D eigenvalue weighted by molar-refractivity contribution is 0.624. The Labute approximate surface area is 149 Å². The van der Waals surface area contributed by atoms with Crippen molar-refractivity contribution < 1.29 is 4.39 Å². The molecule has 0 aliphatic heterocycles. The third-order valence-electron chi connectivity index (χ3n) is 4.00. The second kappa shape index (κ2) is 6.76. The molecule has 0 spiro atoms. The third-order valence-corrected chi connectivity index (χ3v) is 4.00. The highest BCUT2D eigenvalue weighted by Gasteiger charge is 2.22. The van der Waals surface area contributed by atoms with E-state index in [0.29, 0.717) is 29.2 Å². The average Bonchev–Trinajstić information content (AvgIpc) is 3.46. The van der Waals surface area contributed by atoms with Crippen molar-refractivity contribution >= 4 is 17.5 Å². The summed E-state index contributed by atoms with van der Waals surface area (Å²) in [5.41, 5.74) is 1.92. The van der Waals surface area contributed by atoms with Crippen LogP contribution in [0.5, 0.6) is 0 Å². The standard InChI is InChI=1S/C19H15FN6/c20-15-2-1-3-16(14(15)11-21)24-18-10-17(12-6-8-22-9-7-12)25-19(26-18)23-13-4-5-13/h1-3,6-10,13H,4-5H2,(H2,23,24,25,26). The zero-order valence-corrected chi connectivity index (χ0v) is 13.8. The Hall–Kier alpha value is -3.53. The number of nitriles is 1. The van der Waals surface area contributed by atoms with Crippen LogP contribution in [0.1, 0.15) is 18.4 Å². The summed E-state index contributed by atoms with van der Waals surface area (Å²) in [4.78, 5) is 13.0. The van der Waals surface area contributed by atoms with Crippen molar-refractivity contribution in [1.29, 1.82) is 5.26 Å². The van der Waals surface area contributed by atoms with Crippen LogP contribution in [-0.2, 0) is 0 Å². The molecule has 1 aliphatic carbocycles. The summed E-state index contributed by atoms with van der Waals surface area (Å²) < 4.78 is 13.8. The van der Waals surface area contributed by atoms with Gasteiger partial charge in [-0.3, -0.25) is 4.98 Å². The van der Waals surface area contributed by atoms with E-state index in [9.17, 15) is 9.65 Å². The molecule has 128 valence electrons. The van der Waals surface area contributed by atoms with Crippen molar-refractivity contribution in [3.63, 3.8) is 0 Å². The van der Waals surface area contributed by atoms with E-state index in [1.54, 1.807) is 30.6 Å². The SMILES string of the molecule is N#Cc1c(F)cccc1Nc1cc(-c2ccncc2)nc(NC2CC2)n1. The summed E-state index contributed by atoms with van der Waals surface area (Å²) in [7, 11) is 0. The minimum absolute atomic E-state index is 0.0479. The summed E-state index contributed by atoms with van der Waals surface area (Å²) in [5.74, 6) is 0.411. The molecule has 1 saturated carbocycles. The van der Waals surface area contributed by atoms with Gasteiger partial charge in [-0.1, -0.05) is 6.07 Å². The van der Waals surface area contributed by atoms with Crippen molar-refractivity contribution in [3.8, 4) is 17.3 Å². The Morgan fingerprint density at radius 3 is 2.65 bits per heavy atom. The maximum atomic E-state index is 13.8. The van der Waals surface area contributed by atoms with Crippen LogP contribution < -0.4 is 10.6 Å². The predicted octanol–water partition coefficient (Wildman–Crippen LogP) is 3.87.